The fourth-order valence-electron chi connectivity index (χ4n) is 2.72. The van der Waals surface area contributed by atoms with Crippen molar-refractivity contribution < 1.29 is 13.9 Å². The second-order valence-corrected chi connectivity index (χ2v) is 7.26. The lowest BCUT2D eigenvalue weighted by molar-refractivity contribution is -0.120. The number of hydrogen-bond acceptors (Lipinski definition) is 5. The van der Waals surface area contributed by atoms with E-state index < -0.39 is 0 Å². The van der Waals surface area contributed by atoms with Crippen molar-refractivity contribution in [1.29, 1.82) is 0 Å². The second-order valence-electron chi connectivity index (χ2n) is 6.86. The Hall–Kier alpha value is -2.99. The monoisotopic (exact) mass is 413 g/mol. The molecule has 1 aromatic heterocycles. The summed E-state index contributed by atoms with van der Waals surface area (Å²) in [5.74, 6) is 0.705. The lowest BCUT2D eigenvalue weighted by Crippen LogP contribution is -2.10. The molecule has 0 bridgehead atoms. The van der Waals surface area contributed by atoms with E-state index in [4.69, 9.17) is 16.3 Å². The van der Waals surface area contributed by atoms with Crippen LogP contribution in [-0.2, 0) is 11.2 Å². The van der Waals surface area contributed by atoms with Crippen molar-refractivity contribution in [3.63, 3.8) is 0 Å². The van der Waals surface area contributed by atoms with Crippen LogP contribution in [0, 0.1) is 18.7 Å². The topological polar surface area (TPSA) is 64.1 Å². The molecule has 0 aliphatic heterocycles. The maximum Gasteiger partial charge on any atom is 0.243 e. The largest absolute Gasteiger partial charge is 0.437 e. The lowest BCUT2D eigenvalue weighted by Gasteiger charge is -2.14. The normalized spacial score (nSPS) is 11.8. The van der Waals surface area contributed by atoms with Gasteiger partial charge in [-0.3, -0.25) is 4.79 Å². The highest BCUT2D eigenvalue weighted by molar-refractivity contribution is 6.31. The summed E-state index contributed by atoms with van der Waals surface area (Å²) in [7, 11) is 0. The first-order chi connectivity index (χ1) is 13.8. The molecule has 0 saturated heterocycles. The molecule has 29 heavy (non-hydrogen) atoms. The molecule has 0 radical (unpaired) electrons. The Morgan fingerprint density at radius 1 is 1.28 bits per heavy atom. The summed E-state index contributed by atoms with van der Waals surface area (Å²) in [4.78, 5) is 20.1. The number of benzene rings is 2. The number of carbonyl (C=O) groups is 1. The average molecular weight is 414 g/mol. The molecule has 1 atom stereocenters. The van der Waals surface area contributed by atoms with Crippen molar-refractivity contribution in [3.8, 4) is 11.6 Å². The highest BCUT2D eigenvalue weighted by atomic mass is 35.5. The molecule has 0 spiro atoms. The summed E-state index contributed by atoms with van der Waals surface area (Å²) in [6, 6.07) is 11.8. The summed E-state index contributed by atoms with van der Waals surface area (Å²) in [6.45, 7) is 5.24. The Balaban J connectivity index is 1.85. The minimum Gasteiger partial charge on any atom is -0.437 e. The number of aromatic nitrogens is 2. The SMILES string of the molecule is CC(=O)C(C)Cc1ccccc1Oc1nc(Nc2ccc(F)cc2C)ncc1Cl. The van der Waals surface area contributed by atoms with Crippen LogP contribution in [0.2, 0.25) is 5.02 Å². The molecule has 0 amide bonds. The van der Waals surface area contributed by atoms with E-state index in [1.165, 1.54) is 18.3 Å². The Labute approximate surface area is 173 Å². The van der Waals surface area contributed by atoms with Gasteiger partial charge in [-0.15, -0.1) is 0 Å². The van der Waals surface area contributed by atoms with Crippen molar-refractivity contribution in [2.45, 2.75) is 27.2 Å². The van der Waals surface area contributed by atoms with Crippen LogP contribution in [0.1, 0.15) is 25.0 Å². The molecule has 0 saturated carbocycles. The first-order valence-corrected chi connectivity index (χ1v) is 9.53. The van der Waals surface area contributed by atoms with Crippen molar-refractivity contribution in [1.82, 2.24) is 9.97 Å². The summed E-state index contributed by atoms with van der Waals surface area (Å²) in [6.07, 6.45) is 1.99. The summed E-state index contributed by atoms with van der Waals surface area (Å²) >= 11 is 6.23. The van der Waals surface area contributed by atoms with Crippen molar-refractivity contribution in [2.24, 2.45) is 5.92 Å². The van der Waals surface area contributed by atoms with Crippen LogP contribution >= 0.6 is 11.6 Å². The van der Waals surface area contributed by atoms with E-state index in [0.29, 0.717) is 17.9 Å². The fraction of sp³-hybridized carbons (Fsp3) is 0.227. The number of hydrogen-bond donors (Lipinski definition) is 1. The third kappa shape index (κ3) is 5.29. The third-order valence-electron chi connectivity index (χ3n) is 4.55. The molecule has 150 valence electrons. The molecule has 0 fully saturated rings. The molecular formula is C22H21ClFN3O2. The van der Waals surface area contributed by atoms with Gasteiger partial charge in [-0.05, 0) is 55.7 Å². The van der Waals surface area contributed by atoms with E-state index in [9.17, 15) is 9.18 Å². The van der Waals surface area contributed by atoms with E-state index in [-0.39, 0.29) is 34.4 Å². The molecular weight excluding hydrogens is 393 g/mol. The van der Waals surface area contributed by atoms with Crippen molar-refractivity contribution in [3.05, 3.63) is 70.6 Å². The zero-order valence-electron chi connectivity index (χ0n) is 16.4. The predicted octanol–water partition coefficient (Wildman–Crippen LogP) is 5.88. The van der Waals surface area contributed by atoms with Crippen LogP contribution in [-0.4, -0.2) is 15.8 Å². The molecule has 0 aliphatic rings. The standard InChI is InChI=1S/C22H21ClFN3O2/c1-13(15(3)28)10-16-6-4-5-7-20(16)29-21-18(23)12-25-22(27-21)26-19-9-8-17(24)11-14(19)2/h4-9,11-13H,10H2,1-3H3,(H,25,26,27). The van der Waals surface area contributed by atoms with Gasteiger partial charge in [-0.1, -0.05) is 36.7 Å². The summed E-state index contributed by atoms with van der Waals surface area (Å²) in [5.41, 5.74) is 2.28. The Bertz CT molecular complexity index is 1040. The van der Waals surface area contributed by atoms with Crippen LogP contribution in [0.3, 0.4) is 0 Å². The van der Waals surface area contributed by atoms with Gasteiger partial charge in [0.2, 0.25) is 11.8 Å². The highest BCUT2D eigenvalue weighted by Crippen LogP contribution is 2.31. The maximum absolute atomic E-state index is 13.3. The first kappa shape index (κ1) is 20.7. The molecule has 1 heterocycles. The minimum absolute atomic E-state index is 0.112. The number of ketones is 1. The van der Waals surface area contributed by atoms with Gasteiger partial charge >= 0.3 is 0 Å². The average Bonchev–Trinajstić information content (AvgIpc) is 2.68. The smallest absolute Gasteiger partial charge is 0.243 e. The number of ether oxygens (including phenoxy) is 1. The number of rotatable bonds is 7. The maximum atomic E-state index is 13.3. The molecule has 5 nitrogen and oxygen atoms in total. The Morgan fingerprint density at radius 2 is 2.03 bits per heavy atom. The van der Waals surface area contributed by atoms with E-state index in [1.54, 1.807) is 26.0 Å². The molecule has 1 N–H and O–H groups in total. The third-order valence-corrected chi connectivity index (χ3v) is 4.81. The number of halogens is 2. The van der Waals surface area contributed by atoms with Crippen LogP contribution in [0.5, 0.6) is 11.6 Å². The Morgan fingerprint density at radius 3 is 2.76 bits per heavy atom. The van der Waals surface area contributed by atoms with Gasteiger partial charge in [-0.25, -0.2) is 9.37 Å². The van der Waals surface area contributed by atoms with Crippen LogP contribution in [0.4, 0.5) is 16.0 Å². The number of aryl methyl sites for hydroxylation is 1. The zero-order chi connectivity index (χ0) is 21.0. The number of nitrogens with zero attached hydrogens (tertiary/aromatic N) is 2. The van der Waals surface area contributed by atoms with Gasteiger partial charge < -0.3 is 10.1 Å². The van der Waals surface area contributed by atoms with E-state index in [1.807, 2.05) is 25.1 Å². The quantitative estimate of drug-likeness (QED) is 0.523. The van der Waals surface area contributed by atoms with Gasteiger partial charge in [0.25, 0.3) is 0 Å². The molecule has 0 aliphatic carbocycles. The predicted molar refractivity (Wildman–Crippen MR) is 112 cm³/mol. The van der Waals surface area contributed by atoms with Crippen molar-refractivity contribution in [2.75, 3.05) is 5.32 Å². The number of nitrogens with one attached hydrogen (secondary N) is 1. The Kier molecular flexibility index (Phi) is 6.44. The van der Waals surface area contributed by atoms with Crippen molar-refractivity contribution >= 4 is 29.0 Å². The molecule has 2 aromatic carbocycles. The van der Waals surface area contributed by atoms with Gasteiger partial charge in [0.1, 0.15) is 22.4 Å². The molecule has 7 heteroatoms. The van der Waals surface area contributed by atoms with E-state index >= 15 is 0 Å². The molecule has 3 aromatic rings. The molecule has 3 rings (SSSR count). The summed E-state index contributed by atoms with van der Waals surface area (Å²) in [5, 5.41) is 3.29. The van der Waals surface area contributed by atoms with Gasteiger partial charge in [0.05, 0.1) is 6.20 Å². The number of anilines is 2. The van der Waals surface area contributed by atoms with Crippen LogP contribution < -0.4 is 10.1 Å². The fourth-order valence-corrected chi connectivity index (χ4v) is 2.85. The van der Waals surface area contributed by atoms with Gasteiger partial charge in [0.15, 0.2) is 0 Å². The number of Topliss-reactive ketones (excluding diaryl/α,β-unsaturated/α-hetero) is 1. The lowest BCUT2D eigenvalue weighted by atomic mass is 9.97. The van der Waals surface area contributed by atoms with Crippen LogP contribution in [0.25, 0.3) is 0 Å². The summed E-state index contributed by atoms with van der Waals surface area (Å²) < 4.78 is 19.3. The minimum atomic E-state index is -0.314. The van der Waals surface area contributed by atoms with Gasteiger partial charge in [-0.2, -0.15) is 4.98 Å². The number of carbonyl (C=O) groups excluding carboxylic acids is 1. The second kappa shape index (κ2) is 9.01. The molecule has 1 unspecified atom stereocenters. The zero-order valence-corrected chi connectivity index (χ0v) is 17.1. The number of para-hydroxylation sites is 1. The highest BCUT2D eigenvalue weighted by Gasteiger charge is 2.15. The van der Waals surface area contributed by atoms with Gasteiger partial charge in [0, 0.05) is 11.6 Å². The van der Waals surface area contributed by atoms with Crippen LogP contribution in [0.15, 0.2) is 48.7 Å². The van der Waals surface area contributed by atoms with E-state index in [2.05, 4.69) is 15.3 Å². The first-order valence-electron chi connectivity index (χ1n) is 9.15. The van der Waals surface area contributed by atoms with E-state index in [0.717, 1.165) is 11.1 Å².